The predicted octanol–water partition coefficient (Wildman–Crippen LogP) is 3.51. The van der Waals surface area contributed by atoms with E-state index in [9.17, 15) is 9.18 Å². The number of rotatable bonds is 5. The lowest BCUT2D eigenvalue weighted by Gasteiger charge is -2.12. The molecule has 9 heteroatoms. The zero-order valence-electron chi connectivity index (χ0n) is 16.5. The Hall–Kier alpha value is -4.01. The minimum absolute atomic E-state index is 0.112. The average molecular weight is 407 g/mol. The van der Waals surface area contributed by atoms with Crippen LogP contribution in [0, 0.1) is 12.7 Å². The Bertz CT molecular complexity index is 1240. The van der Waals surface area contributed by atoms with Gasteiger partial charge < -0.3 is 14.8 Å². The van der Waals surface area contributed by atoms with Crippen molar-refractivity contribution in [1.29, 1.82) is 0 Å². The minimum atomic E-state index is -0.465. The molecule has 0 fully saturated rings. The fourth-order valence-corrected chi connectivity index (χ4v) is 3.09. The van der Waals surface area contributed by atoms with Crippen molar-refractivity contribution in [3.05, 3.63) is 65.9 Å². The number of anilines is 1. The van der Waals surface area contributed by atoms with Gasteiger partial charge in [-0.25, -0.2) is 8.91 Å². The SMILES string of the molecule is COc1ccc(OC)c(NC(=O)c2nnc3c(-c4ccc(F)cc4)cnn3c2C)c1. The van der Waals surface area contributed by atoms with E-state index in [1.807, 2.05) is 0 Å². The standard InChI is InChI=1S/C21H18FN5O3/c1-12-19(21(28)24-17-10-15(29-2)8-9-18(17)30-3)25-26-20-16(11-23-27(12)20)13-4-6-14(22)7-5-13/h4-11H,1-3H3,(H,24,28). The molecule has 4 aromatic rings. The van der Waals surface area contributed by atoms with Gasteiger partial charge in [0, 0.05) is 11.6 Å². The van der Waals surface area contributed by atoms with Gasteiger partial charge in [0.25, 0.3) is 5.91 Å². The molecular weight excluding hydrogens is 389 g/mol. The molecule has 0 radical (unpaired) electrons. The van der Waals surface area contributed by atoms with Gasteiger partial charge in [0.1, 0.15) is 17.3 Å². The van der Waals surface area contributed by atoms with Crippen LogP contribution < -0.4 is 14.8 Å². The maximum atomic E-state index is 13.2. The molecule has 2 heterocycles. The number of hydrogen-bond acceptors (Lipinski definition) is 6. The van der Waals surface area contributed by atoms with Gasteiger partial charge in [0.15, 0.2) is 11.3 Å². The van der Waals surface area contributed by atoms with Crippen LogP contribution in [0.25, 0.3) is 16.8 Å². The second-order valence-electron chi connectivity index (χ2n) is 6.45. The first-order chi connectivity index (χ1) is 14.5. The van der Waals surface area contributed by atoms with Crippen molar-refractivity contribution in [2.45, 2.75) is 6.92 Å². The summed E-state index contributed by atoms with van der Waals surface area (Å²) >= 11 is 0. The lowest BCUT2D eigenvalue weighted by molar-refractivity contribution is 0.101. The highest BCUT2D eigenvalue weighted by Crippen LogP contribution is 2.29. The summed E-state index contributed by atoms with van der Waals surface area (Å²) in [4.78, 5) is 12.9. The second-order valence-corrected chi connectivity index (χ2v) is 6.45. The number of halogens is 1. The van der Waals surface area contributed by atoms with Crippen LogP contribution in [0.4, 0.5) is 10.1 Å². The summed E-state index contributed by atoms with van der Waals surface area (Å²) in [6.45, 7) is 1.72. The summed E-state index contributed by atoms with van der Waals surface area (Å²) in [5, 5.41) is 15.4. The number of aromatic nitrogens is 4. The molecule has 0 saturated carbocycles. The number of fused-ring (bicyclic) bond motifs is 1. The fourth-order valence-electron chi connectivity index (χ4n) is 3.09. The Morgan fingerprint density at radius 2 is 1.83 bits per heavy atom. The zero-order chi connectivity index (χ0) is 21.3. The topological polar surface area (TPSA) is 90.6 Å². The van der Waals surface area contributed by atoms with Gasteiger partial charge in [-0.3, -0.25) is 4.79 Å². The molecule has 0 saturated heterocycles. The van der Waals surface area contributed by atoms with Gasteiger partial charge in [-0.2, -0.15) is 5.10 Å². The summed E-state index contributed by atoms with van der Waals surface area (Å²) in [7, 11) is 3.04. The first-order valence-electron chi connectivity index (χ1n) is 9.02. The van der Waals surface area contributed by atoms with Crippen molar-refractivity contribution < 1.29 is 18.7 Å². The molecule has 0 aliphatic heterocycles. The third-order valence-corrected chi connectivity index (χ3v) is 4.67. The molecule has 2 aromatic carbocycles. The molecule has 1 N–H and O–H groups in total. The highest BCUT2D eigenvalue weighted by molar-refractivity contribution is 6.04. The quantitative estimate of drug-likeness (QED) is 0.545. The number of amides is 1. The fraction of sp³-hybridized carbons (Fsp3) is 0.143. The highest BCUT2D eigenvalue weighted by atomic mass is 19.1. The van der Waals surface area contributed by atoms with Gasteiger partial charge in [-0.15, -0.1) is 10.2 Å². The van der Waals surface area contributed by atoms with Gasteiger partial charge in [0.05, 0.1) is 31.8 Å². The molecule has 4 rings (SSSR count). The van der Waals surface area contributed by atoms with Crippen LogP contribution in [0.15, 0.2) is 48.7 Å². The van der Waals surface area contributed by atoms with Crippen molar-refractivity contribution in [3.63, 3.8) is 0 Å². The van der Waals surface area contributed by atoms with Crippen molar-refractivity contribution in [3.8, 4) is 22.6 Å². The van der Waals surface area contributed by atoms with Crippen molar-refractivity contribution >= 4 is 17.2 Å². The van der Waals surface area contributed by atoms with E-state index in [0.29, 0.717) is 34.1 Å². The van der Waals surface area contributed by atoms with Gasteiger partial charge in [-0.05, 0) is 36.8 Å². The molecule has 0 spiro atoms. The number of carbonyl (C=O) groups is 1. The number of benzene rings is 2. The number of nitrogens with one attached hydrogen (secondary N) is 1. The van der Waals surface area contributed by atoms with E-state index >= 15 is 0 Å². The van der Waals surface area contributed by atoms with E-state index in [4.69, 9.17) is 9.47 Å². The molecule has 8 nitrogen and oxygen atoms in total. The summed E-state index contributed by atoms with van der Waals surface area (Å²) in [6.07, 6.45) is 1.61. The first-order valence-corrected chi connectivity index (χ1v) is 9.02. The number of hydrogen-bond donors (Lipinski definition) is 1. The van der Waals surface area contributed by atoms with Gasteiger partial charge >= 0.3 is 0 Å². The van der Waals surface area contributed by atoms with E-state index < -0.39 is 5.91 Å². The Kier molecular flexibility index (Phi) is 5.01. The van der Waals surface area contributed by atoms with Crippen molar-refractivity contribution in [2.24, 2.45) is 0 Å². The van der Waals surface area contributed by atoms with Gasteiger partial charge in [0.2, 0.25) is 0 Å². The van der Waals surface area contributed by atoms with Crippen LogP contribution in [0.3, 0.4) is 0 Å². The normalized spacial score (nSPS) is 10.8. The van der Waals surface area contributed by atoms with Crippen LogP contribution in [0.5, 0.6) is 11.5 Å². The molecule has 2 aromatic heterocycles. The van der Waals surface area contributed by atoms with E-state index in [1.54, 1.807) is 43.5 Å². The van der Waals surface area contributed by atoms with Crippen LogP contribution in [-0.2, 0) is 0 Å². The summed E-state index contributed by atoms with van der Waals surface area (Å²) < 4.78 is 25.2. The number of aryl methyl sites for hydroxylation is 1. The van der Waals surface area contributed by atoms with Crippen LogP contribution in [0.2, 0.25) is 0 Å². The monoisotopic (exact) mass is 407 g/mol. The second kappa shape index (κ2) is 7.78. The summed E-state index contributed by atoms with van der Waals surface area (Å²) in [6, 6.07) is 11.1. The smallest absolute Gasteiger partial charge is 0.278 e. The number of carbonyl (C=O) groups excluding carboxylic acids is 1. The highest BCUT2D eigenvalue weighted by Gasteiger charge is 2.19. The van der Waals surface area contributed by atoms with E-state index in [1.165, 1.54) is 30.9 Å². The maximum Gasteiger partial charge on any atom is 0.278 e. The molecule has 0 aliphatic carbocycles. The third kappa shape index (κ3) is 3.41. The zero-order valence-corrected chi connectivity index (χ0v) is 16.5. The van der Waals surface area contributed by atoms with E-state index in [0.717, 1.165) is 5.56 Å². The number of ether oxygens (including phenoxy) is 2. The molecule has 0 unspecified atom stereocenters. The van der Waals surface area contributed by atoms with Crippen LogP contribution in [-0.4, -0.2) is 39.9 Å². The summed E-state index contributed by atoms with van der Waals surface area (Å²) in [5.41, 5.74) is 2.96. The molecule has 0 bridgehead atoms. The molecule has 152 valence electrons. The first kappa shape index (κ1) is 19.3. The lowest BCUT2D eigenvalue weighted by Crippen LogP contribution is -2.19. The minimum Gasteiger partial charge on any atom is -0.497 e. The number of nitrogens with zero attached hydrogens (tertiary/aromatic N) is 4. The Balaban J connectivity index is 1.69. The van der Waals surface area contributed by atoms with Crippen LogP contribution in [0.1, 0.15) is 16.2 Å². The lowest BCUT2D eigenvalue weighted by atomic mass is 10.1. The van der Waals surface area contributed by atoms with Crippen molar-refractivity contribution in [2.75, 3.05) is 19.5 Å². The Morgan fingerprint density at radius 3 is 2.53 bits per heavy atom. The summed E-state index contributed by atoms with van der Waals surface area (Å²) in [5.74, 6) is 0.255. The van der Waals surface area contributed by atoms with E-state index in [-0.39, 0.29) is 11.5 Å². The van der Waals surface area contributed by atoms with Crippen LogP contribution >= 0.6 is 0 Å². The third-order valence-electron chi connectivity index (χ3n) is 4.67. The average Bonchev–Trinajstić information content (AvgIpc) is 3.19. The molecule has 0 atom stereocenters. The van der Waals surface area contributed by atoms with Crippen molar-refractivity contribution in [1.82, 2.24) is 19.8 Å². The van der Waals surface area contributed by atoms with Gasteiger partial charge in [-0.1, -0.05) is 12.1 Å². The molecular formula is C21H18FN5O3. The molecule has 1 amide bonds. The molecule has 30 heavy (non-hydrogen) atoms. The Labute approximate surface area is 171 Å². The van der Waals surface area contributed by atoms with E-state index in [2.05, 4.69) is 20.6 Å². The molecule has 0 aliphatic rings. The maximum absolute atomic E-state index is 13.2. The number of methoxy groups -OCH3 is 2. The Morgan fingerprint density at radius 1 is 1.07 bits per heavy atom. The predicted molar refractivity (Wildman–Crippen MR) is 108 cm³/mol. The largest absolute Gasteiger partial charge is 0.497 e.